The number of nitrogens with zero attached hydrogens (tertiary/aromatic N) is 3. The van der Waals surface area contributed by atoms with E-state index in [1.165, 1.54) is 9.60 Å². The highest BCUT2D eigenvalue weighted by molar-refractivity contribution is 7.98. The van der Waals surface area contributed by atoms with Crippen LogP contribution >= 0.6 is 23.1 Å². The van der Waals surface area contributed by atoms with Gasteiger partial charge in [-0.1, -0.05) is 29.5 Å². The maximum atomic E-state index is 13.1. The highest BCUT2D eigenvalue weighted by atomic mass is 32.2. The van der Waals surface area contributed by atoms with Crippen LogP contribution in [0.5, 0.6) is 11.5 Å². The molecule has 2 atom stereocenters. The molecule has 0 bridgehead atoms. The maximum absolute atomic E-state index is 13.1. The molecule has 2 aromatic carbocycles. The number of hydrogen-bond donors (Lipinski definition) is 0. The second-order valence-electron chi connectivity index (χ2n) is 7.42. The summed E-state index contributed by atoms with van der Waals surface area (Å²) in [7, 11) is 0. The molecule has 2 unspecified atom stereocenters. The van der Waals surface area contributed by atoms with E-state index in [4.69, 9.17) is 14.5 Å². The molecule has 2 aliphatic heterocycles. The second kappa shape index (κ2) is 8.00. The van der Waals surface area contributed by atoms with E-state index in [0.29, 0.717) is 24.6 Å². The third-order valence-corrected chi connectivity index (χ3v) is 7.39. The Morgan fingerprint density at radius 3 is 2.53 bits per heavy atom. The largest absolute Gasteiger partial charge is 0.482 e. The molecule has 0 radical (unpaired) electrons. The van der Waals surface area contributed by atoms with Gasteiger partial charge in [-0.2, -0.15) is 0 Å². The predicted molar refractivity (Wildman–Crippen MR) is 121 cm³/mol. The molecule has 8 heteroatoms. The highest BCUT2D eigenvalue weighted by Gasteiger charge is 2.37. The molecule has 1 saturated heterocycles. The van der Waals surface area contributed by atoms with Crippen LogP contribution in [-0.4, -0.2) is 60.4 Å². The van der Waals surface area contributed by atoms with E-state index in [9.17, 15) is 4.79 Å². The van der Waals surface area contributed by atoms with Crippen molar-refractivity contribution in [2.45, 2.75) is 24.0 Å². The summed E-state index contributed by atoms with van der Waals surface area (Å²) < 4.78 is 13.1. The first-order chi connectivity index (χ1) is 14.6. The molecule has 3 aromatic rings. The van der Waals surface area contributed by atoms with Gasteiger partial charge in [0.25, 0.3) is 5.91 Å². The summed E-state index contributed by atoms with van der Waals surface area (Å²) in [5.41, 5.74) is 1.07. The molecular weight excluding hydrogens is 418 g/mol. The fourth-order valence-electron chi connectivity index (χ4n) is 3.90. The van der Waals surface area contributed by atoms with Crippen LogP contribution in [0.2, 0.25) is 0 Å². The minimum Gasteiger partial charge on any atom is -0.482 e. The summed E-state index contributed by atoms with van der Waals surface area (Å²) in [5, 5.41) is 1.03. The summed E-state index contributed by atoms with van der Waals surface area (Å²) in [6.07, 6.45) is 1.15. The van der Waals surface area contributed by atoms with Crippen LogP contribution in [0.1, 0.15) is 6.92 Å². The molecule has 6 nitrogen and oxygen atoms in total. The number of rotatable bonds is 3. The van der Waals surface area contributed by atoms with Crippen LogP contribution in [-0.2, 0) is 4.79 Å². The maximum Gasteiger partial charge on any atom is 0.267 e. The summed E-state index contributed by atoms with van der Waals surface area (Å²) in [6, 6.07) is 13.8. The number of hydrogen-bond acceptors (Lipinski definition) is 7. The Kier molecular flexibility index (Phi) is 5.20. The number of ether oxygens (including phenoxy) is 2. The molecule has 3 heterocycles. The van der Waals surface area contributed by atoms with Gasteiger partial charge in [0.1, 0.15) is 6.10 Å². The molecule has 0 spiro atoms. The van der Waals surface area contributed by atoms with E-state index in [1.54, 1.807) is 23.1 Å². The topological polar surface area (TPSA) is 54.9 Å². The van der Waals surface area contributed by atoms with Crippen LogP contribution in [0.15, 0.2) is 47.4 Å². The molecule has 1 aromatic heterocycles. The van der Waals surface area contributed by atoms with Crippen LogP contribution in [0, 0.1) is 0 Å². The first-order valence-electron chi connectivity index (χ1n) is 10.0. The van der Waals surface area contributed by atoms with Gasteiger partial charge in [-0.15, -0.1) is 11.8 Å². The molecule has 1 fully saturated rings. The van der Waals surface area contributed by atoms with E-state index in [-0.39, 0.29) is 12.0 Å². The smallest absolute Gasteiger partial charge is 0.267 e. The predicted octanol–water partition coefficient (Wildman–Crippen LogP) is 3.90. The molecule has 2 aliphatic rings. The molecule has 156 valence electrons. The number of thioether (sulfide) groups is 1. The van der Waals surface area contributed by atoms with E-state index in [0.717, 1.165) is 23.7 Å². The van der Waals surface area contributed by atoms with Crippen molar-refractivity contribution in [2.75, 3.05) is 37.3 Å². The highest BCUT2D eigenvalue weighted by Crippen LogP contribution is 2.35. The number of thiazole rings is 1. The minimum atomic E-state index is -0.613. The lowest BCUT2D eigenvalue weighted by Crippen LogP contribution is -2.56. The number of carbonyl (C=O) groups is 1. The monoisotopic (exact) mass is 441 g/mol. The first-order valence-corrected chi connectivity index (χ1v) is 12.1. The summed E-state index contributed by atoms with van der Waals surface area (Å²) in [6.45, 7) is 4.72. The zero-order valence-corrected chi connectivity index (χ0v) is 18.5. The van der Waals surface area contributed by atoms with Gasteiger partial charge in [0.2, 0.25) is 6.10 Å². The van der Waals surface area contributed by atoms with Gasteiger partial charge in [0.05, 0.1) is 10.2 Å². The van der Waals surface area contributed by atoms with Gasteiger partial charge in [0.15, 0.2) is 16.6 Å². The van der Waals surface area contributed by atoms with Crippen LogP contribution < -0.4 is 14.4 Å². The van der Waals surface area contributed by atoms with Gasteiger partial charge in [-0.25, -0.2) is 4.98 Å². The first kappa shape index (κ1) is 19.5. The quantitative estimate of drug-likeness (QED) is 0.575. The number of aromatic nitrogens is 1. The molecule has 1 amide bonds. The number of piperazine rings is 1. The summed E-state index contributed by atoms with van der Waals surface area (Å²) in [4.78, 5) is 23.4. The van der Waals surface area contributed by atoms with Crippen molar-refractivity contribution in [1.82, 2.24) is 9.88 Å². The average Bonchev–Trinajstić information content (AvgIpc) is 3.23. The van der Waals surface area contributed by atoms with Crippen molar-refractivity contribution < 1.29 is 14.3 Å². The molecule has 0 saturated carbocycles. The van der Waals surface area contributed by atoms with Crippen molar-refractivity contribution in [2.24, 2.45) is 0 Å². The van der Waals surface area contributed by atoms with Gasteiger partial charge < -0.3 is 19.3 Å². The standard InChI is InChI=1S/C22H23N3O3S2/c1-14-20(28-16-7-4-3-6-15(16)27-14)21(26)24-10-12-25(13-11-24)22-23-19-17(29-2)8-5-9-18(19)30-22/h3-9,14,20H,10-13H2,1-2H3. The van der Waals surface area contributed by atoms with Gasteiger partial charge in [0, 0.05) is 31.1 Å². The van der Waals surface area contributed by atoms with Crippen LogP contribution in [0.25, 0.3) is 10.2 Å². The van der Waals surface area contributed by atoms with Gasteiger partial charge in [-0.05, 0) is 37.4 Å². The van der Waals surface area contributed by atoms with E-state index < -0.39 is 6.10 Å². The Morgan fingerprint density at radius 2 is 1.80 bits per heavy atom. The van der Waals surface area contributed by atoms with Crippen molar-refractivity contribution in [3.05, 3.63) is 42.5 Å². The third-order valence-electron chi connectivity index (χ3n) is 5.54. The van der Waals surface area contributed by atoms with Crippen molar-refractivity contribution in [3.63, 3.8) is 0 Å². The Bertz CT molecular complexity index is 1080. The third kappa shape index (κ3) is 3.48. The Hall–Kier alpha value is -2.45. The van der Waals surface area contributed by atoms with Crippen molar-refractivity contribution in [1.29, 1.82) is 0 Å². The molecule has 0 aliphatic carbocycles. The summed E-state index contributed by atoms with van der Waals surface area (Å²) in [5.74, 6) is 1.32. The zero-order chi connectivity index (χ0) is 20.7. The number of fused-ring (bicyclic) bond motifs is 2. The zero-order valence-electron chi connectivity index (χ0n) is 16.9. The number of anilines is 1. The van der Waals surface area contributed by atoms with Gasteiger partial charge in [-0.3, -0.25) is 4.79 Å². The molecular formula is C22H23N3O3S2. The van der Waals surface area contributed by atoms with Crippen LogP contribution in [0.3, 0.4) is 0 Å². The van der Waals surface area contributed by atoms with Crippen LogP contribution in [0.4, 0.5) is 5.13 Å². The van der Waals surface area contributed by atoms with Gasteiger partial charge >= 0.3 is 0 Å². The lowest BCUT2D eigenvalue weighted by atomic mass is 10.1. The fourth-order valence-corrected chi connectivity index (χ4v) is 5.57. The molecule has 0 N–H and O–H groups in total. The normalized spacial score (nSPS) is 21.1. The molecule has 30 heavy (non-hydrogen) atoms. The fraction of sp³-hybridized carbons (Fsp3) is 0.364. The SMILES string of the molecule is CSc1cccc2sc(N3CCN(C(=O)C4Oc5ccccc5OC4C)CC3)nc12. The second-order valence-corrected chi connectivity index (χ2v) is 9.28. The van der Waals surface area contributed by atoms with Crippen molar-refractivity contribution >= 4 is 44.4 Å². The Balaban J connectivity index is 1.26. The molecule has 5 rings (SSSR count). The Labute approximate surface area is 183 Å². The van der Waals surface area contributed by atoms with E-state index >= 15 is 0 Å². The lowest BCUT2D eigenvalue weighted by Gasteiger charge is -2.38. The number of benzene rings is 2. The number of carbonyl (C=O) groups excluding carboxylic acids is 1. The lowest BCUT2D eigenvalue weighted by molar-refractivity contribution is -0.144. The summed E-state index contributed by atoms with van der Waals surface area (Å²) >= 11 is 3.44. The minimum absolute atomic E-state index is 0.00868. The number of amides is 1. The van der Waals surface area contributed by atoms with E-state index in [1.807, 2.05) is 36.1 Å². The van der Waals surface area contributed by atoms with Crippen molar-refractivity contribution in [3.8, 4) is 11.5 Å². The number of para-hydroxylation sites is 3. The Morgan fingerprint density at radius 1 is 1.07 bits per heavy atom. The average molecular weight is 442 g/mol. The van der Waals surface area contributed by atoms with E-state index in [2.05, 4.69) is 29.4 Å².